The maximum absolute atomic E-state index is 11.3. The van der Waals surface area contributed by atoms with Gasteiger partial charge in [-0.1, -0.05) is 24.3 Å². The molecule has 0 atom stereocenters. The summed E-state index contributed by atoms with van der Waals surface area (Å²) in [6, 6.07) is 7.60. The van der Waals surface area contributed by atoms with E-state index in [1.807, 2.05) is 18.2 Å². The van der Waals surface area contributed by atoms with E-state index in [4.69, 9.17) is 5.11 Å². The number of hydrogen-bond acceptors (Lipinski definition) is 4. The number of aromatic nitrogens is 1. The SMILES string of the molecule is CC(C)N(CCCO)c1ncc(C(=O)O)c2ccccc12. The van der Waals surface area contributed by atoms with E-state index in [1.165, 1.54) is 6.20 Å². The van der Waals surface area contributed by atoms with Crippen molar-refractivity contribution in [2.24, 2.45) is 0 Å². The highest BCUT2D eigenvalue weighted by Crippen LogP contribution is 2.28. The summed E-state index contributed by atoms with van der Waals surface area (Å²) in [7, 11) is 0. The van der Waals surface area contributed by atoms with Gasteiger partial charge < -0.3 is 15.1 Å². The molecule has 21 heavy (non-hydrogen) atoms. The summed E-state index contributed by atoms with van der Waals surface area (Å²) < 4.78 is 0. The number of aromatic carboxylic acids is 1. The average Bonchev–Trinajstić information content (AvgIpc) is 2.47. The number of carboxylic acids is 1. The monoisotopic (exact) mass is 288 g/mol. The van der Waals surface area contributed by atoms with Crippen molar-refractivity contribution in [2.45, 2.75) is 26.3 Å². The van der Waals surface area contributed by atoms with E-state index in [0.29, 0.717) is 18.4 Å². The second kappa shape index (κ2) is 6.54. The Morgan fingerprint density at radius 3 is 2.52 bits per heavy atom. The maximum Gasteiger partial charge on any atom is 0.337 e. The Kier molecular flexibility index (Phi) is 4.75. The Bertz CT molecular complexity index is 640. The Morgan fingerprint density at radius 2 is 1.95 bits per heavy atom. The lowest BCUT2D eigenvalue weighted by molar-refractivity contribution is 0.0698. The van der Waals surface area contributed by atoms with Crippen molar-refractivity contribution in [3.63, 3.8) is 0 Å². The van der Waals surface area contributed by atoms with Crippen LogP contribution in [0.2, 0.25) is 0 Å². The predicted octanol–water partition coefficient (Wildman–Crippen LogP) is 2.53. The number of aliphatic hydroxyl groups is 1. The van der Waals surface area contributed by atoms with Crippen LogP contribution in [0.1, 0.15) is 30.6 Å². The molecule has 1 heterocycles. The maximum atomic E-state index is 11.3. The van der Waals surface area contributed by atoms with Crippen molar-refractivity contribution in [3.05, 3.63) is 36.0 Å². The second-order valence-corrected chi connectivity index (χ2v) is 5.21. The molecule has 0 aliphatic carbocycles. The van der Waals surface area contributed by atoms with Crippen LogP contribution in [-0.2, 0) is 0 Å². The van der Waals surface area contributed by atoms with Crippen LogP contribution < -0.4 is 4.90 Å². The Labute approximate surface area is 123 Å². The van der Waals surface area contributed by atoms with Crippen molar-refractivity contribution in [1.82, 2.24) is 4.98 Å². The summed E-state index contributed by atoms with van der Waals surface area (Å²) >= 11 is 0. The Balaban J connectivity index is 2.58. The Morgan fingerprint density at radius 1 is 1.29 bits per heavy atom. The minimum Gasteiger partial charge on any atom is -0.478 e. The van der Waals surface area contributed by atoms with E-state index >= 15 is 0 Å². The first-order valence-electron chi connectivity index (χ1n) is 7.04. The zero-order valence-electron chi connectivity index (χ0n) is 12.3. The predicted molar refractivity (Wildman–Crippen MR) is 82.9 cm³/mol. The molecule has 0 fully saturated rings. The highest BCUT2D eigenvalue weighted by Gasteiger charge is 2.18. The molecule has 0 saturated carbocycles. The van der Waals surface area contributed by atoms with E-state index in [0.717, 1.165) is 11.2 Å². The highest BCUT2D eigenvalue weighted by atomic mass is 16.4. The zero-order valence-corrected chi connectivity index (χ0v) is 12.3. The number of fused-ring (bicyclic) bond motifs is 1. The smallest absolute Gasteiger partial charge is 0.337 e. The first kappa shape index (κ1) is 15.3. The van der Waals surface area contributed by atoms with Gasteiger partial charge in [-0.15, -0.1) is 0 Å². The molecule has 5 heteroatoms. The van der Waals surface area contributed by atoms with Gasteiger partial charge in [0.2, 0.25) is 0 Å². The molecule has 0 spiro atoms. The van der Waals surface area contributed by atoms with E-state index in [1.54, 1.807) is 6.07 Å². The van der Waals surface area contributed by atoms with Crippen LogP contribution in [0, 0.1) is 0 Å². The topological polar surface area (TPSA) is 73.7 Å². The van der Waals surface area contributed by atoms with Gasteiger partial charge in [-0.3, -0.25) is 0 Å². The van der Waals surface area contributed by atoms with E-state index in [2.05, 4.69) is 23.7 Å². The second-order valence-electron chi connectivity index (χ2n) is 5.21. The Hall–Kier alpha value is -2.14. The third-order valence-corrected chi connectivity index (χ3v) is 3.46. The lowest BCUT2D eigenvalue weighted by atomic mass is 10.1. The van der Waals surface area contributed by atoms with Crippen LogP contribution in [0.5, 0.6) is 0 Å². The van der Waals surface area contributed by atoms with Gasteiger partial charge in [0.1, 0.15) is 5.82 Å². The fourth-order valence-electron chi connectivity index (χ4n) is 2.43. The molecule has 0 aliphatic rings. The summed E-state index contributed by atoms with van der Waals surface area (Å²) in [5.41, 5.74) is 0.209. The average molecular weight is 288 g/mol. The van der Waals surface area contributed by atoms with Crippen molar-refractivity contribution in [2.75, 3.05) is 18.1 Å². The van der Waals surface area contributed by atoms with Gasteiger partial charge in [0.05, 0.1) is 5.56 Å². The van der Waals surface area contributed by atoms with Crippen molar-refractivity contribution in [1.29, 1.82) is 0 Å². The van der Waals surface area contributed by atoms with Gasteiger partial charge in [-0.25, -0.2) is 9.78 Å². The standard InChI is InChI=1S/C16H20N2O3/c1-11(2)18(8-5-9-19)15-13-7-4-3-6-12(13)14(10-17-15)16(20)21/h3-4,6-7,10-11,19H,5,8-9H2,1-2H3,(H,20,21). The number of carbonyl (C=O) groups is 1. The number of carboxylic acid groups (broad SMARTS) is 1. The van der Waals surface area contributed by atoms with Crippen LogP contribution in [0.25, 0.3) is 10.8 Å². The molecule has 2 N–H and O–H groups in total. The normalized spacial score (nSPS) is 11.0. The van der Waals surface area contributed by atoms with Gasteiger partial charge in [-0.05, 0) is 20.3 Å². The molecule has 1 aromatic heterocycles. The van der Waals surface area contributed by atoms with Crippen molar-refractivity contribution in [3.8, 4) is 0 Å². The summed E-state index contributed by atoms with van der Waals surface area (Å²) in [6.45, 7) is 4.91. The summed E-state index contributed by atoms with van der Waals surface area (Å²) in [6.07, 6.45) is 2.06. The molecule has 0 aliphatic heterocycles. The number of rotatable bonds is 6. The molecule has 0 radical (unpaired) electrons. The van der Waals surface area contributed by atoms with Gasteiger partial charge in [0, 0.05) is 36.2 Å². The molecule has 0 amide bonds. The third kappa shape index (κ3) is 3.13. The fraction of sp³-hybridized carbons (Fsp3) is 0.375. The van der Waals surface area contributed by atoms with E-state index < -0.39 is 5.97 Å². The number of pyridine rings is 1. The first-order chi connectivity index (χ1) is 10.1. The number of benzene rings is 1. The highest BCUT2D eigenvalue weighted by molar-refractivity contribution is 6.06. The van der Waals surface area contributed by atoms with E-state index in [-0.39, 0.29) is 18.2 Å². The first-order valence-corrected chi connectivity index (χ1v) is 7.04. The van der Waals surface area contributed by atoms with Gasteiger partial charge in [0.25, 0.3) is 0 Å². The molecule has 2 rings (SSSR count). The molecular weight excluding hydrogens is 268 g/mol. The number of anilines is 1. The minimum absolute atomic E-state index is 0.119. The van der Waals surface area contributed by atoms with Crippen LogP contribution in [0.15, 0.2) is 30.5 Å². The molecular formula is C16H20N2O3. The molecule has 112 valence electrons. The summed E-state index contributed by atoms with van der Waals surface area (Å²) in [4.78, 5) is 17.8. The number of nitrogens with zero attached hydrogens (tertiary/aromatic N) is 2. The largest absolute Gasteiger partial charge is 0.478 e. The summed E-state index contributed by atoms with van der Waals surface area (Å²) in [5, 5.41) is 19.8. The summed E-state index contributed by atoms with van der Waals surface area (Å²) in [5.74, 6) is -0.212. The molecule has 0 saturated heterocycles. The third-order valence-electron chi connectivity index (χ3n) is 3.46. The fourth-order valence-corrected chi connectivity index (χ4v) is 2.43. The lowest BCUT2D eigenvalue weighted by Crippen LogP contribution is -2.33. The van der Waals surface area contributed by atoms with Gasteiger partial charge in [0.15, 0.2) is 0 Å². The van der Waals surface area contributed by atoms with Gasteiger partial charge in [-0.2, -0.15) is 0 Å². The molecule has 2 aromatic rings. The number of hydrogen-bond donors (Lipinski definition) is 2. The van der Waals surface area contributed by atoms with Crippen LogP contribution in [0.3, 0.4) is 0 Å². The van der Waals surface area contributed by atoms with Crippen LogP contribution in [0.4, 0.5) is 5.82 Å². The van der Waals surface area contributed by atoms with Gasteiger partial charge >= 0.3 is 5.97 Å². The zero-order chi connectivity index (χ0) is 15.4. The molecule has 1 aromatic carbocycles. The quantitative estimate of drug-likeness (QED) is 0.854. The van der Waals surface area contributed by atoms with Crippen LogP contribution >= 0.6 is 0 Å². The van der Waals surface area contributed by atoms with Crippen molar-refractivity contribution >= 4 is 22.6 Å². The molecule has 0 bridgehead atoms. The molecule has 0 unspecified atom stereocenters. The van der Waals surface area contributed by atoms with Crippen molar-refractivity contribution < 1.29 is 15.0 Å². The van der Waals surface area contributed by atoms with E-state index in [9.17, 15) is 9.90 Å². The van der Waals surface area contributed by atoms with Crippen LogP contribution in [-0.4, -0.2) is 40.4 Å². The number of aliphatic hydroxyl groups excluding tert-OH is 1. The lowest BCUT2D eigenvalue weighted by Gasteiger charge is -2.29. The minimum atomic E-state index is -0.975. The molecule has 5 nitrogen and oxygen atoms in total.